The highest BCUT2D eigenvalue weighted by Crippen LogP contribution is 2.56. The smallest absolute Gasteiger partial charge is 0.164 e. The molecule has 1 aromatic heterocycles. The highest BCUT2D eigenvalue weighted by Gasteiger charge is 2.45. The maximum Gasteiger partial charge on any atom is 0.164 e. The van der Waals surface area contributed by atoms with Crippen LogP contribution in [-0.4, -0.2) is 15.0 Å². The zero-order chi connectivity index (χ0) is 45.6. The molecule has 9 aromatic rings. The second-order valence-electron chi connectivity index (χ2n) is 19.2. The third-order valence-corrected chi connectivity index (χ3v) is 12.9. The molecule has 2 heterocycles. The Kier molecular flexibility index (Phi) is 10.5. The van der Waals surface area contributed by atoms with Crippen molar-refractivity contribution in [1.82, 2.24) is 15.0 Å². The number of aromatic nitrogens is 3. The lowest BCUT2D eigenvalue weighted by molar-refractivity contribution is 0.434. The molecule has 5 nitrogen and oxygen atoms in total. The predicted octanol–water partition coefficient (Wildman–Crippen LogP) is 15.2. The van der Waals surface area contributed by atoms with Crippen LogP contribution < -0.4 is 4.74 Å². The second-order valence-corrected chi connectivity index (χ2v) is 19.2. The fourth-order valence-corrected chi connectivity index (χ4v) is 9.21. The third kappa shape index (κ3) is 7.75. The van der Waals surface area contributed by atoms with Crippen molar-refractivity contribution in [1.29, 1.82) is 5.26 Å². The SMILES string of the molecule is CC(C)(C)c1ccc(C2(c3ccc(C(C)(C)C)cc3)c3ccccc3Oc3ccc(-c4cccc(-c5cccc(-c6nc(-c7ccccc7)nc(-c7ccc(C#N)cc7)n6)c5)c4)cc32)cc1. The van der Waals surface area contributed by atoms with Crippen molar-refractivity contribution in [2.75, 3.05) is 0 Å². The molecular weight excluding hydrogens is 805 g/mol. The summed E-state index contributed by atoms with van der Waals surface area (Å²) in [5.74, 6) is 3.39. The Morgan fingerprint density at radius 3 is 1.36 bits per heavy atom. The minimum atomic E-state index is -0.668. The fourth-order valence-electron chi connectivity index (χ4n) is 9.21. The Bertz CT molecular complexity index is 3220. The van der Waals surface area contributed by atoms with E-state index in [0.29, 0.717) is 23.0 Å². The van der Waals surface area contributed by atoms with Crippen LogP contribution in [-0.2, 0) is 16.2 Å². The molecule has 320 valence electrons. The molecular formula is C61H50N4O. The monoisotopic (exact) mass is 854 g/mol. The van der Waals surface area contributed by atoms with Crippen molar-refractivity contribution in [3.8, 4) is 74.0 Å². The summed E-state index contributed by atoms with van der Waals surface area (Å²) in [5.41, 5.74) is 14.0. The first-order chi connectivity index (χ1) is 31.9. The van der Waals surface area contributed by atoms with Crippen molar-refractivity contribution < 1.29 is 4.74 Å². The minimum Gasteiger partial charge on any atom is -0.457 e. The standard InChI is InChI=1S/C61H50N4O/c1-59(2,3)48-27-31-50(32-28-48)61(51-33-29-49(30-34-51)60(4,5)6)52-20-10-11-21-54(52)66-55-35-26-46(38-53(55)61)44-17-12-16-43(36-44)45-18-13-19-47(37-45)58-64-56(41-14-8-7-9-15-41)63-57(65-58)42-24-22-40(39-62)23-25-42/h7-38H,1-6H3. The summed E-state index contributed by atoms with van der Waals surface area (Å²) in [5, 5.41) is 9.43. The molecule has 0 unspecified atom stereocenters. The fraction of sp³-hybridized carbons (Fsp3) is 0.148. The summed E-state index contributed by atoms with van der Waals surface area (Å²) in [4.78, 5) is 14.9. The number of ether oxygens (including phenoxy) is 1. The van der Waals surface area contributed by atoms with Gasteiger partial charge in [-0.3, -0.25) is 0 Å². The van der Waals surface area contributed by atoms with E-state index in [1.807, 2.05) is 48.5 Å². The van der Waals surface area contributed by atoms with E-state index in [-0.39, 0.29) is 10.8 Å². The van der Waals surface area contributed by atoms with Crippen molar-refractivity contribution in [3.05, 3.63) is 233 Å². The van der Waals surface area contributed by atoms with Gasteiger partial charge in [0.25, 0.3) is 0 Å². The molecule has 0 saturated heterocycles. The number of nitrogens with zero attached hydrogens (tertiary/aromatic N) is 4. The van der Waals surface area contributed by atoms with E-state index in [1.54, 1.807) is 12.1 Å². The van der Waals surface area contributed by atoms with Crippen LogP contribution in [0.15, 0.2) is 194 Å². The number of para-hydroxylation sites is 1. The largest absolute Gasteiger partial charge is 0.457 e. The third-order valence-electron chi connectivity index (χ3n) is 12.9. The topological polar surface area (TPSA) is 71.7 Å². The molecule has 0 amide bonds. The molecule has 1 aliphatic heterocycles. The molecule has 0 radical (unpaired) electrons. The van der Waals surface area contributed by atoms with Crippen molar-refractivity contribution in [2.45, 2.75) is 57.8 Å². The van der Waals surface area contributed by atoms with Crippen LogP contribution >= 0.6 is 0 Å². The van der Waals surface area contributed by atoms with Gasteiger partial charge in [-0.25, -0.2) is 15.0 Å². The van der Waals surface area contributed by atoms with E-state index < -0.39 is 5.41 Å². The summed E-state index contributed by atoms with van der Waals surface area (Å²) in [6.45, 7) is 13.6. The van der Waals surface area contributed by atoms with Crippen LogP contribution in [0.25, 0.3) is 56.4 Å². The van der Waals surface area contributed by atoms with Crippen molar-refractivity contribution in [3.63, 3.8) is 0 Å². The van der Waals surface area contributed by atoms with Gasteiger partial charge in [-0.05, 0) is 110 Å². The van der Waals surface area contributed by atoms with Gasteiger partial charge >= 0.3 is 0 Å². The van der Waals surface area contributed by atoms with Crippen LogP contribution in [0.4, 0.5) is 0 Å². The molecule has 1 aliphatic rings. The highest BCUT2D eigenvalue weighted by atomic mass is 16.5. The van der Waals surface area contributed by atoms with E-state index >= 15 is 0 Å². The van der Waals surface area contributed by atoms with Gasteiger partial charge in [0.15, 0.2) is 17.5 Å². The van der Waals surface area contributed by atoms with Crippen LogP contribution in [0.2, 0.25) is 0 Å². The lowest BCUT2D eigenvalue weighted by Gasteiger charge is -2.42. The van der Waals surface area contributed by atoms with E-state index in [1.165, 1.54) is 22.3 Å². The Labute approximate surface area is 388 Å². The van der Waals surface area contributed by atoms with Gasteiger partial charge in [-0.2, -0.15) is 5.26 Å². The average molecular weight is 855 g/mol. The summed E-state index contributed by atoms with van der Waals surface area (Å²) in [6.07, 6.45) is 0. The van der Waals surface area contributed by atoms with E-state index in [9.17, 15) is 5.26 Å². The number of nitriles is 1. The predicted molar refractivity (Wildman–Crippen MR) is 268 cm³/mol. The minimum absolute atomic E-state index is 0.00871. The molecule has 8 aromatic carbocycles. The molecule has 0 atom stereocenters. The lowest BCUT2D eigenvalue weighted by atomic mass is 9.63. The Morgan fingerprint density at radius 1 is 0.394 bits per heavy atom. The molecule has 0 fully saturated rings. The maximum atomic E-state index is 9.43. The number of hydrogen-bond donors (Lipinski definition) is 0. The molecule has 10 rings (SSSR count). The summed E-state index contributed by atoms with van der Waals surface area (Å²) in [6, 6.07) is 70.3. The van der Waals surface area contributed by atoms with Crippen LogP contribution in [0.3, 0.4) is 0 Å². The van der Waals surface area contributed by atoms with Gasteiger partial charge in [0.2, 0.25) is 0 Å². The Morgan fingerprint density at radius 2 is 0.818 bits per heavy atom. The molecule has 0 bridgehead atoms. The van der Waals surface area contributed by atoms with E-state index in [2.05, 4.69) is 181 Å². The zero-order valence-electron chi connectivity index (χ0n) is 38.2. The first-order valence-corrected chi connectivity index (χ1v) is 22.6. The van der Waals surface area contributed by atoms with Gasteiger partial charge < -0.3 is 4.74 Å². The Balaban J connectivity index is 1.09. The first kappa shape index (κ1) is 42.0. The number of benzene rings is 8. The summed E-state index contributed by atoms with van der Waals surface area (Å²) >= 11 is 0. The van der Waals surface area contributed by atoms with Crippen LogP contribution in [0, 0.1) is 11.3 Å². The van der Waals surface area contributed by atoms with Gasteiger partial charge in [-0.1, -0.05) is 181 Å². The molecule has 66 heavy (non-hydrogen) atoms. The average Bonchev–Trinajstić information content (AvgIpc) is 3.35. The summed E-state index contributed by atoms with van der Waals surface area (Å²) in [7, 11) is 0. The molecule has 0 aliphatic carbocycles. The molecule has 5 heteroatoms. The summed E-state index contributed by atoms with van der Waals surface area (Å²) < 4.78 is 6.83. The van der Waals surface area contributed by atoms with Gasteiger partial charge in [0, 0.05) is 27.8 Å². The highest BCUT2D eigenvalue weighted by molar-refractivity contribution is 5.79. The van der Waals surface area contributed by atoms with Crippen molar-refractivity contribution in [2.24, 2.45) is 0 Å². The molecule has 0 N–H and O–H groups in total. The van der Waals surface area contributed by atoms with Crippen LogP contribution in [0.1, 0.15) is 80.5 Å². The number of rotatable bonds is 7. The van der Waals surface area contributed by atoms with Gasteiger partial charge in [-0.15, -0.1) is 0 Å². The van der Waals surface area contributed by atoms with Crippen molar-refractivity contribution >= 4 is 0 Å². The normalized spacial score (nSPS) is 12.9. The van der Waals surface area contributed by atoms with Gasteiger partial charge in [0.1, 0.15) is 11.5 Å². The first-order valence-electron chi connectivity index (χ1n) is 22.6. The number of hydrogen-bond acceptors (Lipinski definition) is 5. The molecule has 0 saturated carbocycles. The Hall–Kier alpha value is -7.94. The lowest BCUT2D eigenvalue weighted by Crippen LogP contribution is -2.34. The quantitative estimate of drug-likeness (QED) is 0.160. The van der Waals surface area contributed by atoms with E-state index in [0.717, 1.165) is 61.6 Å². The van der Waals surface area contributed by atoms with Crippen LogP contribution in [0.5, 0.6) is 11.5 Å². The van der Waals surface area contributed by atoms with Gasteiger partial charge in [0.05, 0.1) is 17.0 Å². The number of fused-ring (bicyclic) bond motifs is 2. The maximum absolute atomic E-state index is 9.43. The second kappa shape index (κ2) is 16.6. The molecule has 0 spiro atoms. The van der Waals surface area contributed by atoms with E-state index in [4.69, 9.17) is 19.7 Å². The zero-order valence-corrected chi connectivity index (χ0v) is 38.2.